The Kier molecular flexibility index (Phi) is 6.00. The molecule has 34 heavy (non-hydrogen) atoms. The Morgan fingerprint density at radius 2 is 1.82 bits per heavy atom. The molecule has 4 rings (SSSR count). The fourth-order valence-electron chi connectivity index (χ4n) is 6.12. The number of aromatic hydroxyl groups is 1. The molecule has 182 valence electrons. The largest absolute Gasteiger partial charge is 0.507 e. The number of ketones is 4. The first kappa shape index (κ1) is 24.3. The van der Waals surface area contributed by atoms with Crippen LogP contribution in [0.25, 0.3) is 0 Å². The minimum atomic E-state index is -2.61. The van der Waals surface area contributed by atoms with Gasteiger partial charge in [0.25, 0.3) is 0 Å². The number of hydrogen-bond acceptors (Lipinski definition) is 7. The molecular formula is C26H31NO7. The second-order valence-corrected chi connectivity index (χ2v) is 10.4. The summed E-state index contributed by atoms with van der Waals surface area (Å²) in [6.45, 7) is 6.09. The average molecular weight is 470 g/mol. The fourth-order valence-corrected chi connectivity index (χ4v) is 6.12. The topological polar surface area (TPSA) is 152 Å². The van der Waals surface area contributed by atoms with E-state index in [2.05, 4.69) is 13.8 Å². The molecule has 4 N–H and O–H groups in total. The predicted octanol–water partition coefficient (Wildman–Crippen LogP) is 1.48. The van der Waals surface area contributed by atoms with Gasteiger partial charge in [0.15, 0.2) is 34.7 Å². The first-order valence-corrected chi connectivity index (χ1v) is 12.0. The smallest absolute Gasteiger partial charge is 0.235 e. The molecule has 0 aromatic heterocycles. The minimum absolute atomic E-state index is 0.0977. The Bertz CT molecular complexity index is 1120. The van der Waals surface area contributed by atoms with Crippen LogP contribution in [0.5, 0.6) is 5.75 Å². The fraction of sp³-hybridized carbons (Fsp3) is 0.577. The Morgan fingerprint density at radius 3 is 2.41 bits per heavy atom. The maximum atomic E-state index is 13.7. The molecule has 0 saturated heterocycles. The number of Topliss-reactive ketones (excluding diaryl/α,β-unsaturated/α-hetero) is 4. The van der Waals surface area contributed by atoms with E-state index in [1.54, 1.807) is 0 Å². The predicted molar refractivity (Wildman–Crippen MR) is 121 cm³/mol. The van der Waals surface area contributed by atoms with E-state index in [9.17, 15) is 34.2 Å². The van der Waals surface area contributed by atoms with E-state index in [1.807, 2.05) is 13.0 Å². The van der Waals surface area contributed by atoms with Crippen molar-refractivity contribution in [1.29, 1.82) is 0 Å². The lowest BCUT2D eigenvalue weighted by atomic mass is 9.53. The van der Waals surface area contributed by atoms with Gasteiger partial charge in [0, 0.05) is 12.3 Å². The minimum Gasteiger partial charge on any atom is -0.507 e. The monoisotopic (exact) mass is 469 g/mol. The Hall–Kier alpha value is -2.87. The number of fused-ring (bicyclic) bond motifs is 3. The van der Waals surface area contributed by atoms with E-state index >= 15 is 0 Å². The highest BCUT2D eigenvalue weighted by Gasteiger charge is 2.66. The number of phenolic OH excluding ortho intramolecular Hbond substituents is 1. The molecule has 2 saturated carbocycles. The summed E-state index contributed by atoms with van der Waals surface area (Å²) in [5.41, 5.74) is 4.96. The lowest BCUT2D eigenvalue weighted by Crippen LogP contribution is -2.68. The van der Waals surface area contributed by atoms with Crippen LogP contribution >= 0.6 is 0 Å². The van der Waals surface area contributed by atoms with Crippen LogP contribution in [0.15, 0.2) is 6.07 Å². The number of carbonyl (C=O) groups excluding carboxylic acids is 5. The zero-order valence-corrected chi connectivity index (χ0v) is 19.7. The molecule has 2 unspecified atom stereocenters. The van der Waals surface area contributed by atoms with Gasteiger partial charge in [-0.3, -0.25) is 24.0 Å². The zero-order valence-electron chi connectivity index (χ0n) is 19.7. The summed E-state index contributed by atoms with van der Waals surface area (Å²) in [6.07, 6.45) is 2.14. The van der Waals surface area contributed by atoms with Gasteiger partial charge in [0.2, 0.25) is 5.91 Å². The molecule has 3 aliphatic rings. The van der Waals surface area contributed by atoms with E-state index in [0.717, 1.165) is 12.0 Å². The first-order valence-electron chi connectivity index (χ1n) is 12.0. The van der Waals surface area contributed by atoms with Crippen molar-refractivity contribution in [2.75, 3.05) is 0 Å². The van der Waals surface area contributed by atoms with E-state index in [0.29, 0.717) is 36.3 Å². The van der Waals surface area contributed by atoms with Gasteiger partial charge in [-0.25, -0.2) is 0 Å². The van der Waals surface area contributed by atoms with Crippen molar-refractivity contribution in [3.8, 4) is 5.75 Å². The molecule has 0 spiro atoms. The SMILES string of the molecule is CCc1cc(CCC(C)C)c(O)c2c1C[C@H]1C[C@H]3CC(=O)C(C(N)=O)C(=O)[C@@]3(O)C(=O)C1C2=O. The maximum absolute atomic E-state index is 13.7. The molecule has 5 atom stereocenters. The van der Waals surface area contributed by atoms with E-state index in [4.69, 9.17) is 5.73 Å². The molecule has 0 radical (unpaired) electrons. The van der Waals surface area contributed by atoms with Crippen molar-refractivity contribution in [3.05, 3.63) is 28.3 Å². The number of phenols is 1. The van der Waals surface area contributed by atoms with Gasteiger partial charge >= 0.3 is 0 Å². The number of carbonyl (C=O) groups is 5. The highest BCUT2D eigenvalue weighted by molar-refractivity contribution is 6.31. The molecular weight excluding hydrogens is 438 g/mol. The van der Waals surface area contributed by atoms with Crippen molar-refractivity contribution >= 4 is 29.0 Å². The normalized spacial score (nSPS) is 30.7. The molecule has 2 fully saturated rings. The quantitative estimate of drug-likeness (QED) is 0.552. The molecule has 1 amide bonds. The number of nitrogens with two attached hydrogens (primary N) is 1. The molecule has 8 heteroatoms. The van der Waals surface area contributed by atoms with Crippen LogP contribution < -0.4 is 5.73 Å². The summed E-state index contributed by atoms with van der Waals surface area (Å²) in [5.74, 6) is -9.22. The van der Waals surface area contributed by atoms with Gasteiger partial charge in [-0.15, -0.1) is 0 Å². The van der Waals surface area contributed by atoms with Crippen LogP contribution in [0.4, 0.5) is 0 Å². The van der Waals surface area contributed by atoms with Gasteiger partial charge in [-0.05, 0) is 60.6 Å². The number of aryl methyl sites for hydroxylation is 2. The molecule has 1 aromatic rings. The van der Waals surface area contributed by atoms with Gasteiger partial charge in [0.1, 0.15) is 5.75 Å². The van der Waals surface area contributed by atoms with E-state index in [1.165, 1.54) is 0 Å². The molecule has 0 heterocycles. The van der Waals surface area contributed by atoms with Crippen LogP contribution in [-0.4, -0.2) is 44.9 Å². The Balaban J connectivity index is 1.79. The average Bonchev–Trinajstić information content (AvgIpc) is 2.75. The number of amides is 1. The molecule has 8 nitrogen and oxygen atoms in total. The van der Waals surface area contributed by atoms with Gasteiger partial charge < -0.3 is 15.9 Å². The second-order valence-electron chi connectivity index (χ2n) is 10.4. The number of benzene rings is 1. The molecule has 1 aromatic carbocycles. The summed E-state index contributed by atoms with van der Waals surface area (Å²) in [6, 6.07) is 1.93. The van der Waals surface area contributed by atoms with Crippen LogP contribution in [0, 0.1) is 29.6 Å². The number of primary amides is 1. The van der Waals surface area contributed by atoms with Crippen LogP contribution in [0.1, 0.15) is 67.1 Å². The standard InChI is InChI=1S/C26H31NO7/c1-4-12-7-13(6-5-11(2)3)21(29)19-16(12)9-14-8-15-10-17(28)20(25(27)33)24(32)26(15,34)23(31)18(14)22(19)30/h7,11,14-15,18,20,29,34H,4-6,8-10H2,1-3H3,(H2,27,33)/t14-,15+,18?,20?,26+/m1/s1. The van der Waals surface area contributed by atoms with Gasteiger partial charge in [-0.2, -0.15) is 0 Å². The summed E-state index contributed by atoms with van der Waals surface area (Å²) < 4.78 is 0. The lowest BCUT2D eigenvalue weighted by Gasteiger charge is -2.48. The van der Waals surface area contributed by atoms with Gasteiger partial charge in [-0.1, -0.05) is 26.8 Å². The van der Waals surface area contributed by atoms with Gasteiger partial charge in [0.05, 0.1) is 11.5 Å². The number of hydrogen-bond donors (Lipinski definition) is 3. The van der Waals surface area contributed by atoms with Crippen molar-refractivity contribution in [2.45, 2.75) is 64.9 Å². The zero-order chi connectivity index (χ0) is 25.1. The number of aliphatic hydroxyl groups is 1. The third kappa shape index (κ3) is 3.42. The summed E-state index contributed by atoms with van der Waals surface area (Å²) in [4.78, 5) is 64.4. The van der Waals surface area contributed by atoms with Crippen molar-refractivity contribution < 1.29 is 34.2 Å². The van der Waals surface area contributed by atoms with Crippen molar-refractivity contribution in [2.24, 2.45) is 35.3 Å². The van der Waals surface area contributed by atoms with Crippen LogP contribution in [0.3, 0.4) is 0 Å². The Morgan fingerprint density at radius 1 is 1.15 bits per heavy atom. The summed E-state index contributed by atoms with van der Waals surface area (Å²) in [7, 11) is 0. The Labute approximate surface area is 197 Å². The molecule has 3 aliphatic carbocycles. The van der Waals surface area contributed by atoms with Crippen LogP contribution in [0.2, 0.25) is 0 Å². The highest BCUT2D eigenvalue weighted by Crippen LogP contribution is 2.50. The highest BCUT2D eigenvalue weighted by atomic mass is 16.3. The molecule has 0 bridgehead atoms. The summed E-state index contributed by atoms with van der Waals surface area (Å²) >= 11 is 0. The third-order valence-electron chi connectivity index (χ3n) is 7.95. The maximum Gasteiger partial charge on any atom is 0.235 e. The van der Waals surface area contributed by atoms with E-state index < -0.39 is 58.3 Å². The summed E-state index contributed by atoms with van der Waals surface area (Å²) in [5, 5.41) is 22.3. The lowest BCUT2D eigenvalue weighted by molar-refractivity contribution is -0.175. The first-order chi connectivity index (χ1) is 15.9. The number of rotatable bonds is 5. The molecule has 0 aliphatic heterocycles. The van der Waals surface area contributed by atoms with E-state index in [-0.39, 0.29) is 24.2 Å². The van der Waals surface area contributed by atoms with Crippen molar-refractivity contribution in [3.63, 3.8) is 0 Å². The van der Waals surface area contributed by atoms with Crippen LogP contribution in [-0.2, 0) is 38.4 Å². The second kappa shape index (κ2) is 8.41. The van der Waals surface area contributed by atoms with Crippen molar-refractivity contribution in [1.82, 2.24) is 0 Å². The third-order valence-corrected chi connectivity index (χ3v) is 7.95.